The molecule has 0 saturated heterocycles. The predicted octanol–water partition coefficient (Wildman–Crippen LogP) is 2.65. The molecule has 2 N–H and O–H groups in total. The molecule has 0 amide bonds. The molecule has 1 rings (SSSR count). The maximum atomic E-state index is 5.82. The van der Waals surface area contributed by atoms with Crippen LogP contribution < -0.4 is 10.6 Å². The Labute approximate surface area is 182 Å². The van der Waals surface area contributed by atoms with E-state index in [1.165, 1.54) is 5.56 Å². The molecule has 1 heterocycles. The van der Waals surface area contributed by atoms with Crippen LogP contribution >= 0.6 is 24.0 Å². The highest BCUT2D eigenvalue weighted by Crippen LogP contribution is 2.17. The van der Waals surface area contributed by atoms with Crippen molar-refractivity contribution in [1.82, 2.24) is 25.3 Å². The smallest absolute Gasteiger partial charge is 0.191 e. The molecule has 27 heavy (non-hydrogen) atoms. The first-order chi connectivity index (χ1) is 12.4. The SMILES string of the molecule is CCNC(=NCC(c1cnn(C)c1)N(C)C)NCCC(OCC)C(C)C.I. The highest BCUT2D eigenvalue weighted by molar-refractivity contribution is 14.0. The average Bonchev–Trinajstić information content (AvgIpc) is 2.99. The Morgan fingerprint density at radius 1 is 1.30 bits per heavy atom. The summed E-state index contributed by atoms with van der Waals surface area (Å²) in [5.74, 6) is 1.36. The quantitative estimate of drug-likeness (QED) is 0.281. The molecule has 158 valence electrons. The first-order valence-electron chi connectivity index (χ1n) is 9.67. The second kappa shape index (κ2) is 14.2. The number of halogens is 1. The molecular weight excluding hydrogens is 455 g/mol. The Balaban J connectivity index is 0.00000676. The van der Waals surface area contributed by atoms with E-state index in [4.69, 9.17) is 9.73 Å². The van der Waals surface area contributed by atoms with Crippen molar-refractivity contribution in [3.8, 4) is 0 Å². The maximum absolute atomic E-state index is 5.82. The van der Waals surface area contributed by atoms with Crippen LogP contribution in [0.1, 0.15) is 45.7 Å². The van der Waals surface area contributed by atoms with Crippen LogP contribution in [0.25, 0.3) is 0 Å². The number of hydrogen-bond acceptors (Lipinski definition) is 4. The van der Waals surface area contributed by atoms with Gasteiger partial charge in [0.15, 0.2) is 5.96 Å². The van der Waals surface area contributed by atoms with Gasteiger partial charge in [-0.2, -0.15) is 5.10 Å². The van der Waals surface area contributed by atoms with Gasteiger partial charge in [-0.25, -0.2) is 0 Å². The minimum absolute atomic E-state index is 0. The van der Waals surface area contributed by atoms with Crippen molar-refractivity contribution in [2.24, 2.45) is 18.0 Å². The largest absolute Gasteiger partial charge is 0.378 e. The fourth-order valence-corrected chi connectivity index (χ4v) is 2.85. The number of hydrogen-bond donors (Lipinski definition) is 2. The number of aromatic nitrogens is 2. The van der Waals surface area contributed by atoms with Crippen molar-refractivity contribution in [2.75, 3.05) is 40.3 Å². The maximum Gasteiger partial charge on any atom is 0.191 e. The van der Waals surface area contributed by atoms with Gasteiger partial charge in [0.2, 0.25) is 0 Å². The lowest BCUT2D eigenvalue weighted by Crippen LogP contribution is -2.40. The van der Waals surface area contributed by atoms with Crippen LogP contribution in [0.4, 0.5) is 0 Å². The molecule has 2 atom stereocenters. The van der Waals surface area contributed by atoms with Crippen LogP contribution in [-0.4, -0.2) is 67.1 Å². The highest BCUT2D eigenvalue weighted by atomic mass is 127. The normalized spacial score (nSPS) is 14.2. The molecule has 7 nitrogen and oxygen atoms in total. The lowest BCUT2D eigenvalue weighted by molar-refractivity contribution is 0.0258. The van der Waals surface area contributed by atoms with E-state index < -0.39 is 0 Å². The molecule has 0 radical (unpaired) electrons. The Bertz CT molecular complexity index is 532. The first-order valence-corrected chi connectivity index (χ1v) is 9.67. The van der Waals surface area contributed by atoms with Crippen molar-refractivity contribution < 1.29 is 4.74 Å². The standard InChI is InChI=1S/C19H38N6O.HI/c1-8-20-19(21-11-10-18(15(3)4)26-9-2)22-13-17(24(5)6)16-12-23-25(7)14-16;/h12,14-15,17-18H,8-11,13H2,1-7H3,(H2,20,21,22);1H. The summed E-state index contributed by atoms with van der Waals surface area (Å²) >= 11 is 0. The summed E-state index contributed by atoms with van der Waals surface area (Å²) in [7, 11) is 6.08. The van der Waals surface area contributed by atoms with Crippen LogP contribution in [0.5, 0.6) is 0 Å². The zero-order valence-electron chi connectivity index (χ0n) is 18.0. The van der Waals surface area contributed by atoms with Gasteiger partial charge in [-0.1, -0.05) is 13.8 Å². The van der Waals surface area contributed by atoms with Crippen molar-refractivity contribution in [3.63, 3.8) is 0 Å². The van der Waals surface area contributed by atoms with Gasteiger partial charge in [-0.05, 0) is 40.3 Å². The first kappa shape index (κ1) is 26.1. The third-order valence-electron chi connectivity index (χ3n) is 4.35. The number of aryl methyl sites for hydroxylation is 1. The molecule has 1 aromatic rings. The van der Waals surface area contributed by atoms with E-state index in [0.29, 0.717) is 12.5 Å². The summed E-state index contributed by atoms with van der Waals surface area (Å²) in [5.41, 5.74) is 1.17. The highest BCUT2D eigenvalue weighted by Gasteiger charge is 2.16. The van der Waals surface area contributed by atoms with Crippen molar-refractivity contribution in [2.45, 2.75) is 46.3 Å². The number of ether oxygens (including phenoxy) is 1. The molecule has 2 unspecified atom stereocenters. The average molecular weight is 494 g/mol. The predicted molar refractivity (Wildman–Crippen MR) is 124 cm³/mol. The van der Waals surface area contributed by atoms with Gasteiger partial charge >= 0.3 is 0 Å². The second-order valence-corrected chi connectivity index (χ2v) is 7.10. The molecule has 0 aliphatic rings. The van der Waals surface area contributed by atoms with Gasteiger partial charge in [0.1, 0.15) is 0 Å². The second-order valence-electron chi connectivity index (χ2n) is 7.10. The summed E-state index contributed by atoms with van der Waals surface area (Å²) < 4.78 is 7.65. The van der Waals surface area contributed by atoms with Gasteiger partial charge in [0.05, 0.1) is 24.9 Å². The van der Waals surface area contributed by atoms with Gasteiger partial charge in [0, 0.05) is 38.5 Å². The molecule has 0 aliphatic heterocycles. The number of guanidine groups is 1. The van der Waals surface area contributed by atoms with E-state index >= 15 is 0 Å². The molecule has 0 bridgehead atoms. The lowest BCUT2D eigenvalue weighted by atomic mass is 10.0. The van der Waals surface area contributed by atoms with Crippen LogP contribution in [0.2, 0.25) is 0 Å². The monoisotopic (exact) mass is 494 g/mol. The molecule has 0 aromatic carbocycles. The summed E-state index contributed by atoms with van der Waals surface area (Å²) in [4.78, 5) is 6.96. The van der Waals surface area contributed by atoms with Crippen LogP contribution in [0.3, 0.4) is 0 Å². The Morgan fingerprint density at radius 3 is 2.48 bits per heavy atom. The van der Waals surface area contributed by atoms with Crippen LogP contribution in [-0.2, 0) is 11.8 Å². The number of rotatable bonds is 11. The topological polar surface area (TPSA) is 66.7 Å². The Morgan fingerprint density at radius 2 is 2.00 bits per heavy atom. The molecule has 8 heteroatoms. The number of nitrogens with zero attached hydrogens (tertiary/aromatic N) is 4. The number of likely N-dealkylation sites (N-methyl/N-ethyl adjacent to an activating group) is 1. The van der Waals surface area contributed by atoms with E-state index in [2.05, 4.69) is 61.7 Å². The molecule has 0 aliphatic carbocycles. The summed E-state index contributed by atoms with van der Waals surface area (Å²) in [6.45, 7) is 11.6. The van der Waals surface area contributed by atoms with Crippen molar-refractivity contribution in [3.05, 3.63) is 18.0 Å². The molecular formula is C19H39IN6O. The van der Waals surface area contributed by atoms with E-state index in [0.717, 1.165) is 32.1 Å². The van der Waals surface area contributed by atoms with Crippen molar-refractivity contribution >= 4 is 29.9 Å². The van der Waals surface area contributed by atoms with Gasteiger partial charge in [0.25, 0.3) is 0 Å². The summed E-state index contributed by atoms with van der Waals surface area (Å²) in [6.07, 6.45) is 5.21. The van der Waals surface area contributed by atoms with E-state index in [1.54, 1.807) is 0 Å². The van der Waals surface area contributed by atoms with E-state index in [9.17, 15) is 0 Å². The zero-order chi connectivity index (χ0) is 19.5. The van der Waals surface area contributed by atoms with Gasteiger partial charge in [-0.3, -0.25) is 9.67 Å². The van der Waals surface area contributed by atoms with Crippen LogP contribution in [0.15, 0.2) is 17.4 Å². The molecule has 0 spiro atoms. The zero-order valence-corrected chi connectivity index (χ0v) is 20.4. The fourth-order valence-electron chi connectivity index (χ4n) is 2.85. The van der Waals surface area contributed by atoms with Gasteiger partial charge in [-0.15, -0.1) is 24.0 Å². The minimum Gasteiger partial charge on any atom is -0.378 e. The Hall–Kier alpha value is -0.870. The number of aliphatic imine (C=N–C) groups is 1. The van der Waals surface area contributed by atoms with E-state index in [1.807, 2.05) is 24.9 Å². The van der Waals surface area contributed by atoms with Gasteiger partial charge < -0.3 is 20.3 Å². The third-order valence-corrected chi connectivity index (χ3v) is 4.35. The summed E-state index contributed by atoms with van der Waals surface area (Å²) in [6, 6.07) is 0.200. The summed E-state index contributed by atoms with van der Waals surface area (Å²) in [5, 5.41) is 11.0. The molecule has 0 fully saturated rings. The fraction of sp³-hybridized carbons (Fsp3) is 0.789. The number of nitrogens with one attached hydrogen (secondary N) is 2. The lowest BCUT2D eigenvalue weighted by Gasteiger charge is -2.23. The minimum atomic E-state index is 0. The Kier molecular flexibility index (Phi) is 13.7. The van der Waals surface area contributed by atoms with Crippen LogP contribution in [0, 0.1) is 5.92 Å². The van der Waals surface area contributed by atoms with Crippen molar-refractivity contribution in [1.29, 1.82) is 0 Å². The van der Waals surface area contributed by atoms with E-state index in [-0.39, 0.29) is 36.1 Å². The third kappa shape index (κ3) is 9.75. The molecule has 1 aromatic heterocycles. The molecule has 0 saturated carbocycles.